The molecule has 0 heterocycles. The maximum Gasteiger partial charge on any atom is 0.144 e. The van der Waals surface area contributed by atoms with Crippen LogP contribution in [-0.4, -0.2) is 13.7 Å². The van der Waals surface area contributed by atoms with Gasteiger partial charge in [0.05, 0.1) is 12.8 Å². The van der Waals surface area contributed by atoms with Gasteiger partial charge in [-0.15, -0.1) is 11.8 Å². The Morgan fingerprint density at radius 3 is 2.93 bits per heavy atom. The molecule has 2 nitrogen and oxygen atoms in total. The summed E-state index contributed by atoms with van der Waals surface area (Å²) in [5, 5.41) is 3.13. The highest BCUT2D eigenvalue weighted by molar-refractivity contribution is 5.56. The molecule has 1 aromatic rings. The highest BCUT2D eigenvalue weighted by Gasteiger charge is 2.02. The van der Waals surface area contributed by atoms with Gasteiger partial charge in [0.2, 0.25) is 0 Å². The zero-order valence-electron chi connectivity index (χ0n) is 8.93. The Morgan fingerprint density at radius 1 is 1.47 bits per heavy atom. The second-order valence-electron chi connectivity index (χ2n) is 2.95. The first kappa shape index (κ1) is 11.4. The Hall–Kier alpha value is -1.69. The molecular formula is C12H14FNO. The van der Waals surface area contributed by atoms with Crippen LogP contribution in [0.2, 0.25) is 0 Å². The predicted octanol–water partition coefficient (Wildman–Crippen LogP) is 2.66. The average Bonchev–Trinajstić information content (AvgIpc) is 2.26. The van der Waals surface area contributed by atoms with Crippen molar-refractivity contribution in [3.8, 4) is 17.6 Å². The Balaban J connectivity index is 2.62. The van der Waals surface area contributed by atoms with Crippen LogP contribution in [0.25, 0.3) is 0 Å². The smallest absolute Gasteiger partial charge is 0.144 e. The van der Waals surface area contributed by atoms with Gasteiger partial charge in [0.1, 0.15) is 11.6 Å². The van der Waals surface area contributed by atoms with E-state index in [0.29, 0.717) is 5.75 Å². The lowest BCUT2D eigenvalue weighted by atomic mass is 10.2. The first-order chi connectivity index (χ1) is 7.27. The lowest BCUT2D eigenvalue weighted by molar-refractivity contribution is 0.413. The number of hydrogen-bond donors (Lipinski definition) is 1. The van der Waals surface area contributed by atoms with E-state index in [0.717, 1.165) is 18.7 Å². The van der Waals surface area contributed by atoms with Crippen LogP contribution in [0, 0.1) is 17.7 Å². The summed E-state index contributed by atoms with van der Waals surface area (Å²) >= 11 is 0. The third-order valence-corrected chi connectivity index (χ3v) is 1.91. The minimum atomic E-state index is -0.300. The lowest BCUT2D eigenvalue weighted by Crippen LogP contribution is -2.02. The number of halogens is 1. The van der Waals surface area contributed by atoms with E-state index in [-0.39, 0.29) is 5.82 Å². The van der Waals surface area contributed by atoms with E-state index in [1.54, 1.807) is 13.0 Å². The van der Waals surface area contributed by atoms with Gasteiger partial charge in [0.15, 0.2) is 0 Å². The normalized spacial score (nSPS) is 9.00. The summed E-state index contributed by atoms with van der Waals surface area (Å²) in [6, 6.07) is 4.41. The van der Waals surface area contributed by atoms with Crippen molar-refractivity contribution in [1.82, 2.24) is 0 Å². The molecule has 0 aromatic heterocycles. The van der Waals surface area contributed by atoms with Gasteiger partial charge in [0, 0.05) is 19.0 Å². The van der Waals surface area contributed by atoms with Crippen molar-refractivity contribution in [2.45, 2.75) is 13.3 Å². The number of nitrogens with one attached hydrogen (secondary N) is 1. The maximum atomic E-state index is 12.8. The van der Waals surface area contributed by atoms with E-state index in [9.17, 15) is 4.39 Å². The van der Waals surface area contributed by atoms with Gasteiger partial charge in [0.25, 0.3) is 0 Å². The van der Waals surface area contributed by atoms with Crippen LogP contribution >= 0.6 is 0 Å². The molecule has 0 fully saturated rings. The van der Waals surface area contributed by atoms with E-state index in [1.807, 2.05) is 0 Å². The molecule has 0 aliphatic rings. The highest BCUT2D eigenvalue weighted by Crippen LogP contribution is 2.24. The monoisotopic (exact) mass is 207 g/mol. The summed E-state index contributed by atoms with van der Waals surface area (Å²) in [4.78, 5) is 0. The van der Waals surface area contributed by atoms with Gasteiger partial charge >= 0.3 is 0 Å². The molecule has 0 radical (unpaired) electrons. The Labute approximate surface area is 89.4 Å². The predicted molar refractivity (Wildman–Crippen MR) is 59.5 cm³/mol. The number of benzene rings is 1. The SMILES string of the molecule is CC#CCCNc1ccc(F)cc1OC. The summed E-state index contributed by atoms with van der Waals surface area (Å²) in [5.41, 5.74) is 0.789. The molecule has 0 saturated heterocycles. The summed E-state index contributed by atoms with van der Waals surface area (Å²) in [6.45, 7) is 2.53. The summed E-state index contributed by atoms with van der Waals surface area (Å²) in [6.07, 6.45) is 0.761. The molecule has 0 atom stereocenters. The zero-order chi connectivity index (χ0) is 11.1. The molecule has 1 N–H and O–H groups in total. The van der Waals surface area contributed by atoms with Gasteiger partial charge in [-0.25, -0.2) is 4.39 Å². The van der Waals surface area contributed by atoms with Gasteiger partial charge in [-0.3, -0.25) is 0 Å². The van der Waals surface area contributed by atoms with Crippen molar-refractivity contribution in [1.29, 1.82) is 0 Å². The molecule has 0 aliphatic heterocycles. The van der Waals surface area contributed by atoms with Gasteiger partial charge in [-0.2, -0.15) is 0 Å². The number of methoxy groups -OCH3 is 1. The van der Waals surface area contributed by atoms with Crippen molar-refractivity contribution in [3.63, 3.8) is 0 Å². The molecule has 80 valence electrons. The van der Waals surface area contributed by atoms with Gasteiger partial charge in [-0.1, -0.05) is 0 Å². The van der Waals surface area contributed by atoms with Crippen LogP contribution in [0.15, 0.2) is 18.2 Å². The fourth-order valence-corrected chi connectivity index (χ4v) is 1.20. The zero-order valence-corrected chi connectivity index (χ0v) is 8.93. The Bertz CT molecular complexity index is 379. The first-order valence-corrected chi connectivity index (χ1v) is 4.75. The highest BCUT2D eigenvalue weighted by atomic mass is 19.1. The first-order valence-electron chi connectivity index (χ1n) is 4.75. The van der Waals surface area contributed by atoms with Gasteiger partial charge < -0.3 is 10.1 Å². The standard InChI is InChI=1S/C12H14FNO/c1-3-4-5-8-14-11-7-6-10(13)9-12(11)15-2/h6-7,9,14H,5,8H2,1-2H3. The number of ether oxygens (including phenoxy) is 1. The summed E-state index contributed by atoms with van der Waals surface area (Å²) < 4.78 is 17.9. The molecule has 0 aliphatic carbocycles. The minimum Gasteiger partial charge on any atom is -0.494 e. The van der Waals surface area contributed by atoms with Crippen LogP contribution in [0.5, 0.6) is 5.75 Å². The molecular weight excluding hydrogens is 193 g/mol. The van der Waals surface area contributed by atoms with Crippen LogP contribution in [-0.2, 0) is 0 Å². The number of anilines is 1. The molecule has 0 unspecified atom stereocenters. The molecule has 1 aromatic carbocycles. The fraction of sp³-hybridized carbons (Fsp3) is 0.333. The van der Waals surface area contributed by atoms with Crippen LogP contribution in [0.4, 0.5) is 10.1 Å². The van der Waals surface area contributed by atoms with Crippen LogP contribution in [0.1, 0.15) is 13.3 Å². The molecule has 0 amide bonds. The second-order valence-corrected chi connectivity index (χ2v) is 2.95. The Morgan fingerprint density at radius 2 is 2.27 bits per heavy atom. The van der Waals surface area contributed by atoms with Crippen LogP contribution < -0.4 is 10.1 Å². The van der Waals surface area contributed by atoms with E-state index in [2.05, 4.69) is 17.2 Å². The second kappa shape index (κ2) is 5.92. The topological polar surface area (TPSA) is 21.3 Å². The molecule has 1 rings (SSSR count). The van der Waals surface area contributed by atoms with E-state index >= 15 is 0 Å². The number of hydrogen-bond acceptors (Lipinski definition) is 2. The maximum absolute atomic E-state index is 12.8. The molecule has 3 heteroatoms. The van der Waals surface area contributed by atoms with Crippen molar-refractivity contribution in [2.75, 3.05) is 19.0 Å². The number of rotatable bonds is 4. The third-order valence-electron chi connectivity index (χ3n) is 1.91. The van der Waals surface area contributed by atoms with E-state index in [1.165, 1.54) is 19.2 Å². The van der Waals surface area contributed by atoms with Gasteiger partial charge in [-0.05, 0) is 19.1 Å². The van der Waals surface area contributed by atoms with Crippen molar-refractivity contribution < 1.29 is 9.13 Å². The van der Waals surface area contributed by atoms with Crippen molar-refractivity contribution >= 4 is 5.69 Å². The molecule has 0 saturated carbocycles. The molecule has 0 bridgehead atoms. The van der Waals surface area contributed by atoms with E-state index in [4.69, 9.17) is 4.74 Å². The average molecular weight is 207 g/mol. The quantitative estimate of drug-likeness (QED) is 0.605. The Kier molecular flexibility index (Phi) is 4.49. The van der Waals surface area contributed by atoms with Crippen LogP contribution in [0.3, 0.4) is 0 Å². The minimum absolute atomic E-state index is 0.300. The third kappa shape index (κ3) is 3.51. The van der Waals surface area contributed by atoms with Crippen molar-refractivity contribution in [2.24, 2.45) is 0 Å². The molecule has 15 heavy (non-hydrogen) atoms. The summed E-state index contributed by atoms with van der Waals surface area (Å²) in [7, 11) is 1.52. The molecule has 0 spiro atoms. The summed E-state index contributed by atoms with van der Waals surface area (Å²) in [5.74, 6) is 5.96. The lowest BCUT2D eigenvalue weighted by Gasteiger charge is -2.09. The van der Waals surface area contributed by atoms with Crippen molar-refractivity contribution in [3.05, 3.63) is 24.0 Å². The largest absolute Gasteiger partial charge is 0.494 e. The van der Waals surface area contributed by atoms with E-state index < -0.39 is 0 Å². The fourth-order valence-electron chi connectivity index (χ4n) is 1.20.